The molecule has 0 radical (unpaired) electrons. The zero-order valence-corrected chi connectivity index (χ0v) is 16.6. The van der Waals surface area contributed by atoms with Crippen LogP contribution in [0.25, 0.3) is 6.08 Å². The molecule has 0 atom stereocenters. The standard InChI is InChI=1S/C17H17BrN2O3S2/c18-12-4-5-13(23-10-15(21)20-6-2-1-3-7-20)11(8-12)9-14-16(22)19-17(24)25-14/h4-5,8-9H,1-3,6-7,10H2,(H,19,22,24)/b14-9-. The summed E-state index contributed by atoms with van der Waals surface area (Å²) < 4.78 is 7.05. The molecule has 1 aromatic rings. The number of rotatable bonds is 4. The molecule has 0 saturated carbocycles. The van der Waals surface area contributed by atoms with Crippen molar-refractivity contribution in [2.75, 3.05) is 19.7 Å². The van der Waals surface area contributed by atoms with Crippen molar-refractivity contribution in [2.24, 2.45) is 0 Å². The summed E-state index contributed by atoms with van der Waals surface area (Å²) in [7, 11) is 0. The second kappa shape index (κ2) is 8.33. The van der Waals surface area contributed by atoms with Crippen molar-refractivity contribution in [3.63, 3.8) is 0 Å². The van der Waals surface area contributed by atoms with Crippen LogP contribution in [0.2, 0.25) is 0 Å². The van der Waals surface area contributed by atoms with E-state index in [9.17, 15) is 9.59 Å². The number of carbonyl (C=O) groups is 2. The Morgan fingerprint density at radius 2 is 2.12 bits per heavy atom. The van der Waals surface area contributed by atoms with Gasteiger partial charge in [-0.2, -0.15) is 0 Å². The van der Waals surface area contributed by atoms with Crippen LogP contribution in [0.4, 0.5) is 0 Å². The SMILES string of the molecule is O=C1NC(=S)S/C1=C\c1cc(Br)ccc1OCC(=O)N1CCCCC1. The van der Waals surface area contributed by atoms with E-state index in [4.69, 9.17) is 17.0 Å². The van der Waals surface area contributed by atoms with E-state index < -0.39 is 0 Å². The van der Waals surface area contributed by atoms with E-state index in [0.29, 0.717) is 15.0 Å². The van der Waals surface area contributed by atoms with Gasteiger partial charge in [0.2, 0.25) is 0 Å². The van der Waals surface area contributed by atoms with Crippen molar-refractivity contribution in [3.8, 4) is 5.75 Å². The van der Waals surface area contributed by atoms with Gasteiger partial charge in [0.15, 0.2) is 6.61 Å². The summed E-state index contributed by atoms with van der Waals surface area (Å²) >= 11 is 9.64. The number of hydrogen-bond acceptors (Lipinski definition) is 5. The molecular weight excluding hydrogens is 424 g/mol. The van der Waals surface area contributed by atoms with E-state index in [1.807, 2.05) is 17.0 Å². The summed E-state index contributed by atoms with van der Waals surface area (Å²) in [6.07, 6.45) is 5.00. The summed E-state index contributed by atoms with van der Waals surface area (Å²) in [6, 6.07) is 5.48. The number of ether oxygens (including phenoxy) is 1. The lowest BCUT2D eigenvalue weighted by atomic mass is 10.1. The monoisotopic (exact) mass is 440 g/mol. The van der Waals surface area contributed by atoms with E-state index in [0.717, 1.165) is 36.0 Å². The van der Waals surface area contributed by atoms with E-state index in [1.165, 1.54) is 18.2 Å². The lowest BCUT2D eigenvalue weighted by Crippen LogP contribution is -2.38. The Balaban J connectivity index is 1.73. The molecule has 0 unspecified atom stereocenters. The van der Waals surface area contributed by atoms with Crippen molar-refractivity contribution < 1.29 is 14.3 Å². The van der Waals surface area contributed by atoms with Crippen LogP contribution < -0.4 is 10.1 Å². The van der Waals surface area contributed by atoms with Crippen LogP contribution in [0, 0.1) is 0 Å². The quantitative estimate of drug-likeness (QED) is 0.574. The van der Waals surface area contributed by atoms with Crippen LogP contribution in [-0.2, 0) is 9.59 Å². The number of hydrogen-bond donors (Lipinski definition) is 1. The van der Waals surface area contributed by atoms with E-state index in [1.54, 1.807) is 12.1 Å². The predicted octanol–water partition coefficient (Wildman–Crippen LogP) is 3.33. The molecule has 0 spiro atoms. The van der Waals surface area contributed by atoms with E-state index >= 15 is 0 Å². The first kappa shape index (κ1) is 18.4. The minimum atomic E-state index is -0.217. The zero-order valence-electron chi connectivity index (χ0n) is 13.4. The van der Waals surface area contributed by atoms with Gasteiger partial charge < -0.3 is 15.0 Å². The van der Waals surface area contributed by atoms with Gasteiger partial charge in [-0.25, -0.2) is 0 Å². The molecule has 2 aliphatic rings. The average Bonchev–Trinajstić information content (AvgIpc) is 2.92. The highest BCUT2D eigenvalue weighted by molar-refractivity contribution is 9.10. The number of piperidine rings is 1. The van der Waals surface area contributed by atoms with Crippen molar-refractivity contribution >= 4 is 62.1 Å². The van der Waals surface area contributed by atoms with E-state index in [2.05, 4.69) is 21.2 Å². The molecule has 1 aromatic carbocycles. The topological polar surface area (TPSA) is 58.6 Å². The third-order valence-corrected chi connectivity index (χ3v) is 5.62. The number of benzene rings is 1. The predicted molar refractivity (Wildman–Crippen MR) is 106 cm³/mol. The van der Waals surface area contributed by atoms with Crippen LogP contribution in [-0.4, -0.2) is 40.7 Å². The van der Waals surface area contributed by atoms with Gasteiger partial charge in [0, 0.05) is 23.1 Å². The maximum absolute atomic E-state index is 12.3. The molecule has 5 nitrogen and oxygen atoms in total. The fourth-order valence-corrected chi connectivity index (χ4v) is 4.11. The largest absolute Gasteiger partial charge is 0.483 e. The van der Waals surface area contributed by atoms with Crippen molar-refractivity contribution in [2.45, 2.75) is 19.3 Å². The Hall–Kier alpha value is -1.38. The first-order chi connectivity index (χ1) is 12.0. The molecule has 0 aromatic heterocycles. The molecular formula is C17H17BrN2O3S2. The van der Waals surface area contributed by atoms with Crippen LogP contribution >= 0.6 is 39.9 Å². The fourth-order valence-electron chi connectivity index (χ4n) is 2.70. The van der Waals surface area contributed by atoms with Gasteiger partial charge in [0.05, 0.1) is 4.91 Å². The van der Waals surface area contributed by atoms with Crippen LogP contribution in [0.15, 0.2) is 27.6 Å². The molecule has 25 heavy (non-hydrogen) atoms. The van der Waals surface area contributed by atoms with Gasteiger partial charge in [0.1, 0.15) is 10.1 Å². The van der Waals surface area contributed by atoms with Gasteiger partial charge in [-0.15, -0.1) is 0 Å². The number of halogens is 1. The normalized spacial score (nSPS) is 19.2. The minimum absolute atomic E-state index is 0.00427. The summed E-state index contributed by atoms with van der Waals surface area (Å²) in [5.41, 5.74) is 0.725. The number of thiocarbonyl (C=S) groups is 1. The first-order valence-corrected chi connectivity index (χ1v) is 10.00. The van der Waals surface area contributed by atoms with Crippen LogP contribution in [0.1, 0.15) is 24.8 Å². The maximum Gasteiger partial charge on any atom is 0.263 e. The van der Waals surface area contributed by atoms with Gasteiger partial charge in [-0.3, -0.25) is 9.59 Å². The van der Waals surface area contributed by atoms with Gasteiger partial charge in [-0.05, 0) is 43.5 Å². The van der Waals surface area contributed by atoms with Crippen molar-refractivity contribution in [1.29, 1.82) is 0 Å². The fraction of sp³-hybridized carbons (Fsp3) is 0.353. The Morgan fingerprint density at radius 3 is 2.80 bits per heavy atom. The smallest absolute Gasteiger partial charge is 0.263 e. The molecule has 2 heterocycles. The summed E-state index contributed by atoms with van der Waals surface area (Å²) in [5, 5.41) is 2.59. The summed E-state index contributed by atoms with van der Waals surface area (Å²) in [5.74, 6) is 0.341. The second-order valence-electron chi connectivity index (χ2n) is 5.76. The van der Waals surface area contributed by atoms with E-state index in [-0.39, 0.29) is 18.4 Å². The lowest BCUT2D eigenvalue weighted by Gasteiger charge is -2.26. The highest BCUT2D eigenvalue weighted by Gasteiger charge is 2.23. The third-order valence-electron chi connectivity index (χ3n) is 3.96. The number of nitrogens with zero attached hydrogens (tertiary/aromatic N) is 1. The molecule has 2 fully saturated rings. The summed E-state index contributed by atoms with van der Waals surface area (Å²) in [4.78, 5) is 26.5. The molecule has 1 N–H and O–H groups in total. The van der Waals surface area contributed by atoms with Crippen LogP contribution in [0.3, 0.4) is 0 Å². The highest BCUT2D eigenvalue weighted by atomic mass is 79.9. The summed E-state index contributed by atoms with van der Waals surface area (Å²) in [6.45, 7) is 1.59. The molecule has 2 amide bonds. The lowest BCUT2D eigenvalue weighted by molar-refractivity contribution is -0.134. The molecule has 8 heteroatoms. The van der Waals surface area contributed by atoms with Gasteiger partial charge in [0.25, 0.3) is 11.8 Å². The number of thioether (sulfide) groups is 1. The molecule has 0 bridgehead atoms. The molecule has 132 valence electrons. The minimum Gasteiger partial charge on any atom is -0.483 e. The van der Waals surface area contributed by atoms with Gasteiger partial charge >= 0.3 is 0 Å². The molecule has 0 aliphatic carbocycles. The highest BCUT2D eigenvalue weighted by Crippen LogP contribution is 2.31. The van der Waals surface area contributed by atoms with Crippen molar-refractivity contribution in [1.82, 2.24) is 10.2 Å². The Bertz CT molecular complexity index is 745. The first-order valence-electron chi connectivity index (χ1n) is 7.98. The average molecular weight is 441 g/mol. The number of amides is 2. The number of likely N-dealkylation sites (tertiary alicyclic amines) is 1. The Labute approximate surface area is 164 Å². The maximum atomic E-state index is 12.3. The zero-order chi connectivity index (χ0) is 17.8. The van der Waals surface area contributed by atoms with Gasteiger partial charge in [-0.1, -0.05) is 39.9 Å². The van der Waals surface area contributed by atoms with Crippen LogP contribution in [0.5, 0.6) is 5.75 Å². The molecule has 2 saturated heterocycles. The van der Waals surface area contributed by atoms with Crippen molar-refractivity contribution in [3.05, 3.63) is 33.1 Å². The Morgan fingerprint density at radius 1 is 1.36 bits per heavy atom. The Kier molecular flexibility index (Phi) is 6.14. The number of nitrogens with one attached hydrogen (secondary N) is 1. The third kappa shape index (κ3) is 4.83. The molecule has 2 aliphatic heterocycles. The second-order valence-corrected chi connectivity index (χ2v) is 8.40. The number of carbonyl (C=O) groups excluding carboxylic acids is 2. The molecule has 3 rings (SSSR count).